The summed E-state index contributed by atoms with van der Waals surface area (Å²) < 4.78 is 0. The summed E-state index contributed by atoms with van der Waals surface area (Å²) in [4.78, 5) is 14.3. The van der Waals surface area contributed by atoms with Gasteiger partial charge in [0.1, 0.15) is 10.7 Å². The molecule has 18 heavy (non-hydrogen) atoms. The molecule has 0 radical (unpaired) electrons. The average molecular weight is 277 g/mol. The maximum Gasteiger partial charge on any atom is 0.152 e. The average Bonchev–Trinajstić information content (AvgIpc) is 2.97. The second-order valence-electron chi connectivity index (χ2n) is 3.81. The minimum Gasteiger partial charge on any atom is -0.308 e. The van der Waals surface area contributed by atoms with E-state index in [1.807, 2.05) is 23.8 Å². The fourth-order valence-electron chi connectivity index (χ4n) is 1.74. The highest BCUT2D eigenvalue weighted by Gasteiger charge is 2.09. The molecule has 0 amide bonds. The highest BCUT2D eigenvalue weighted by atomic mass is 32.1. The third kappa shape index (κ3) is 2.07. The molecule has 0 saturated heterocycles. The molecule has 3 aromatic rings. The monoisotopic (exact) mass is 277 g/mol. The predicted molar refractivity (Wildman–Crippen MR) is 74.9 cm³/mol. The zero-order valence-electron chi connectivity index (χ0n) is 9.67. The van der Waals surface area contributed by atoms with Gasteiger partial charge >= 0.3 is 0 Å². The van der Waals surface area contributed by atoms with Crippen LogP contribution in [0.5, 0.6) is 0 Å². The molecule has 3 heterocycles. The Morgan fingerprint density at radius 2 is 2.17 bits per heavy atom. The van der Waals surface area contributed by atoms with E-state index < -0.39 is 0 Å². The van der Waals surface area contributed by atoms with Crippen LogP contribution >= 0.6 is 22.7 Å². The fraction of sp³-hybridized carbons (Fsp3) is 0.182. The van der Waals surface area contributed by atoms with Crippen LogP contribution in [0.4, 0.5) is 5.82 Å². The van der Waals surface area contributed by atoms with Crippen molar-refractivity contribution in [2.75, 3.05) is 5.43 Å². The number of aryl methyl sites for hydroxylation is 1. The molecule has 0 fully saturated rings. The molecule has 5 nitrogen and oxygen atoms in total. The van der Waals surface area contributed by atoms with Crippen LogP contribution < -0.4 is 11.3 Å². The summed E-state index contributed by atoms with van der Waals surface area (Å²) in [6.45, 7) is 1.99. The van der Waals surface area contributed by atoms with Gasteiger partial charge in [-0.2, -0.15) is 0 Å². The lowest BCUT2D eigenvalue weighted by atomic mass is 10.3. The number of rotatable bonds is 3. The van der Waals surface area contributed by atoms with Crippen LogP contribution in [0.15, 0.2) is 16.8 Å². The summed E-state index contributed by atoms with van der Waals surface area (Å²) in [6, 6.07) is 1.96. The van der Waals surface area contributed by atoms with E-state index in [0.717, 1.165) is 26.7 Å². The number of nitrogen functional groups attached to an aromatic ring is 1. The maximum absolute atomic E-state index is 5.49. The van der Waals surface area contributed by atoms with E-state index >= 15 is 0 Å². The molecule has 3 rings (SSSR count). The summed E-state index contributed by atoms with van der Waals surface area (Å²) in [5.41, 5.74) is 3.62. The Bertz CT molecular complexity index is 688. The molecule has 0 saturated carbocycles. The maximum atomic E-state index is 5.49. The number of nitrogens with two attached hydrogens (primary N) is 1. The number of hydrogen-bond acceptors (Lipinski definition) is 7. The largest absolute Gasteiger partial charge is 0.308 e. The SMILES string of the molecule is Cc1nc(Cc2nc(NN)c3ccsc3n2)cs1. The summed E-state index contributed by atoms with van der Waals surface area (Å²) in [7, 11) is 0. The van der Waals surface area contributed by atoms with Crippen molar-refractivity contribution >= 4 is 38.7 Å². The minimum absolute atomic E-state index is 0.632. The molecular formula is C11H11N5S2. The van der Waals surface area contributed by atoms with Crippen molar-refractivity contribution < 1.29 is 0 Å². The van der Waals surface area contributed by atoms with Gasteiger partial charge in [-0.05, 0) is 18.4 Å². The van der Waals surface area contributed by atoms with Gasteiger partial charge in [0.25, 0.3) is 0 Å². The number of thiophene rings is 1. The molecule has 0 aliphatic rings. The molecule has 0 unspecified atom stereocenters. The zero-order chi connectivity index (χ0) is 12.5. The van der Waals surface area contributed by atoms with Crippen molar-refractivity contribution in [3.8, 4) is 0 Å². The van der Waals surface area contributed by atoms with Crippen molar-refractivity contribution in [1.29, 1.82) is 0 Å². The lowest BCUT2D eigenvalue weighted by Crippen LogP contribution is -2.11. The number of thiazole rings is 1. The molecule has 0 atom stereocenters. The summed E-state index contributed by atoms with van der Waals surface area (Å²) in [6.07, 6.45) is 0.632. The fourth-order valence-corrected chi connectivity index (χ4v) is 3.14. The lowest BCUT2D eigenvalue weighted by Gasteiger charge is -2.03. The Morgan fingerprint density at radius 3 is 2.89 bits per heavy atom. The van der Waals surface area contributed by atoms with Gasteiger partial charge in [-0.3, -0.25) is 0 Å². The molecule has 92 valence electrons. The van der Waals surface area contributed by atoms with E-state index in [0.29, 0.717) is 12.2 Å². The van der Waals surface area contributed by atoms with Crippen LogP contribution in [0.3, 0.4) is 0 Å². The van der Waals surface area contributed by atoms with Crippen molar-refractivity contribution in [2.45, 2.75) is 13.3 Å². The van der Waals surface area contributed by atoms with Gasteiger partial charge in [-0.25, -0.2) is 20.8 Å². The van der Waals surface area contributed by atoms with E-state index in [2.05, 4.69) is 20.4 Å². The van der Waals surface area contributed by atoms with Crippen molar-refractivity contribution in [2.24, 2.45) is 5.84 Å². The molecular weight excluding hydrogens is 266 g/mol. The van der Waals surface area contributed by atoms with Gasteiger partial charge < -0.3 is 5.43 Å². The van der Waals surface area contributed by atoms with E-state index in [-0.39, 0.29) is 0 Å². The second-order valence-corrected chi connectivity index (χ2v) is 5.76. The highest BCUT2D eigenvalue weighted by molar-refractivity contribution is 7.16. The minimum atomic E-state index is 0.632. The molecule has 3 N–H and O–H groups in total. The Hall–Kier alpha value is -1.57. The zero-order valence-corrected chi connectivity index (χ0v) is 11.3. The van der Waals surface area contributed by atoms with Gasteiger partial charge in [0.15, 0.2) is 5.82 Å². The Labute approximate surface area is 112 Å². The first-order valence-corrected chi connectivity index (χ1v) is 7.14. The van der Waals surface area contributed by atoms with Crippen LogP contribution in [0.2, 0.25) is 0 Å². The van der Waals surface area contributed by atoms with Gasteiger partial charge in [0.05, 0.1) is 22.5 Å². The number of hydrogen-bond donors (Lipinski definition) is 2. The third-order valence-electron chi connectivity index (χ3n) is 2.51. The van der Waals surface area contributed by atoms with Crippen LogP contribution in [-0.4, -0.2) is 15.0 Å². The summed E-state index contributed by atoms with van der Waals surface area (Å²) >= 11 is 3.22. The number of fused-ring (bicyclic) bond motifs is 1. The van der Waals surface area contributed by atoms with E-state index in [4.69, 9.17) is 5.84 Å². The normalized spacial score (nSPS) is 11.0. The van der Waals surface area contributed by atoms with Crippen molar-refractivity contribution in [3.63, 3.8) is 0 Å². The van der Waals surface area contributed by atoms with Crippen molar-refractivity contribution in [3.05, 3.63) is 33.4 Å². The van der Waals surface area contributed by atoms with Gasteiger partial charge in [-0.1, -0.05) is 0 Å². The molecule has 0 aromatic carbocycles. The molecule has 0 aliphatic carbocycles. The molecule has 3 aromatic heterocycles. The standard InChI is InChI=1S/C11H11N5S2/c1-6-13-7(5-18-6)4-9-14-10(16-12)8-2-3-17-11(8)15-9/h2-3,5H,4,12H2,1H3,(H,14,15,16). The Kier molecular flexibility index (Phi) is 2.94. The smallest absolute Gasteiger partial charge is 0.152 e. The lowest BCUT2D eigenvalue weighted by molar-refractivity contribution is 0.960. The van der Waals surface area contributed by atoms with Crippen LogP contribution in [0.1, 0.15) is 16.5 Å². The molecule has 0 spiro atoms. The number of nitrogens with zero attached hydrogens (tertiary/aromatic N) is 3. The number of aromatic nitrogens is 3. The van der Waals surface area contributed by atoms with Gasteiger partial charge in [0, 0.05) is 5.38 Å². The van der Waals surface area contributed by atoms with Crippen molar-refractivity contribution in [1.82, 2.24) is 15.0 Å². The van der Waals surface area contributed by atoms with E-state index in [1.54, 1.807) is 22.7 Å². The topological polar surface area (TPSA) is 76.7 Å². The van der Waals surface area contributed by atoms with Crippen LogP contribution in [-0.2, 0) is 6.42 Å². The number of hydrazine groups is 1. The summed E-state index contributed by atoms with van der Waals surface area (Å²) in [5.74, 6) is 6.90. The molecule has 7 heteroatoms. The first-order valence-electron chi connectivity index (χ1n) is 5.38. The Balaban J connectivity index is 2.01. The van der Waals surface area contributed by atoms with Crippen LogP contribution in [0.25, 0.3) is 10.2 Å². The molecule has 0 aliphatic heterocycles. The summed E-state index contributed by atoms with van der Waals surface area (Å²) in [5, 5.41) is 6.03. The third-order valence-corrected chi connectivity index (χ3v) is 4.14. The predicted octanol–water partition coefficient (Wildman–Crippen LogP) is 2.33. The Morgan fingerprint density at radius 1 is 1.28 bits per heavy atom. The second kappa shape index (κ2) is 4.60. The number of nitrogens with one attached hydrogen (secondary N) is 1. The van der Waals surface area contributed by atoms with E-state index in [1.165, 1.54) is 0 Å². The first-order chi connectivity index (χ1) is 8.76. The van der Waals surface area contributed by atoms with Gasteiger partial charge in [-0.15, -0.1) is 22.7 Å². The first kappa shape index (κ1) is 11.5. The quantitative estimate of drug-likeness (QED) is 0.567. The highest BCUT2D eigenvalue weighted by Crippen LogP contribution is 2.25. The number of anilines is 1. The van der Waals surface area contributed by atoms with Gasteiger partial charge in [0.2, 0.25) is 0 Å². The van der Waals surface area contributed by atoms with Crippen LogP contribution in [0, 0.1) is 6.92 Å². The molecule has 0 bridgehead atoms. The van der Waals surface area contributed by atoms with E-state index in [9.17, 15) is 0 Å².